The molecule has 5 nitrogen and oxygen atoms in total. The van der Waals surface area contributed by atoms with Gasteiger partial charge in [-0.1, -0.05) is 206 Å². The minimum Gasteiger partial charge on any atom is -0.455 e. The van der Waals surface area contributed by atoms with Crippen molar-refractivity contribution in [1.82, 2.24) is 19.1 Å². The van der Waals surface area contributed by atoms with E-state index in [9.17, 15) is 0 Å². The SMILES string of the molecule is Cn1c(-c2cccc([Si](c3ccccc3)(c3ccccc3)c3cccc(-n4c5ccccc5c5c6c(cnc54)Oc4ccccc4C6(c4ccccc4)c4ccccc4)c3)c2)nc2ccccc21. The van der Waals surface area contributed by atoms with Crippen LogP contribution in [0.15, 0.2) is 249 Å². The number of hydrogen-bond donors (Lipinski definition) is 0. The second-order valence-electron chi connectivity index (χ2n) is 17.7. The third-order valence-electron chi connectivity index (χ3n) is 14.2. The number of pyridine rings is 1. The summed E-state index contributed by atoms with van der Waals surface area (Å²) in [7, 11) is -0.948. The Labute approximate surface area is 395 Å². The van der Waals surface area contributed by atoms with E-state index < -0.39 is 13.5 Å². The lowest BCUT2D eigenvalue weighted by molar-refractivity contribution is 0.434. The van der Waals surface area contributed by atoms with Crippen LogP contribution in [0.3, 0.4) is 0 Å². The second-order valence-corrected chi connectivity index (χ2v) is 21.5. The molecule has 0 amide bonds. The van der Waals surface area contributed by atoms with Gasteiger partial charge >= 0.3 is 0 Å². The lowest BCUT2D eigenvalue weighted by atomic mass is 9.63. The number of benzene rings is 9. The number of rotatable bonds is 8. The molecule has 3 aromatic heterocycles. The summed E-state index contributed by atoms with van der Waals surface area (Å²) in [4.78, 5) is 10.6. The van der Waals surface area contributed by atoms with E-state index in [0.29, 0.717) is 0 Å². The van der Waals surface area contributed by atoms with Crippen LogP contribution in [-0.2, 0) is 12.5 Å². The van der Waals surface area contributed by atoms with Gasteiger partial charge in [0.05, 0.1) is 28.2 Å². The Hall–Kier alpha value is -8.58. The number of ether oxygens (including phenoxy) is 1. The van der Waals surface area contributed by atoms with Gasteiger partial charge in [-0.15, -0.1) is 0 Å². The molecule has 6 heteroatoms. The fourth-order valence-corrected chi connectivity index (χ4v) is 16.2. The number of hydrogen-bond acceptors (Lipinski definition) is 3. The maximum absolute atomic E-state index is 6.95. The molecule has 0 spiro atoms. The summed E-state index contributed by atoms with van der Waals surface area (Å²) in [6, 6.07) is 88.2. The van der Waals surface area contributed by atoms with Crippen LogP contribution in [0, 0.1) is 0 Å². The Kier molecular flexibility index (Phi) is 9.23. The average Bonchev–Trinajstić information content (AvgIpc) is 3.94. The fourth-order valence-electron chi connectivity index (χ4n) is 11.4. The summed E-state index contributed by atoms with van der Waals surface area (Å²) in [5.41, 5.74) is 9.95. The van der Waals surface area contributed by atoms with E-state index in [0.717, 1.165) is 83.8 Å². The van der Waals surface area contributed by atoms with Crippen molar-refractivity contribution < 1.29 is 4.74 Å². The molecular weight excluding hydrogens is 845 g/mol. The van der Waals surface area contributed by atoms with Gasteiger partial charge in [0, 0.05) is 40.2 Å². The van der Waals surface area contributed by atoms with Gasteiger partial charge in [0.1, 0.15) is 17.2 Å². The van der Waals surface area contributed by atoms with E-state index in [1.54, 1.807) is 0 Å². The van der Waals surface area contributed by atoms with E-state index in [-0.39, 0.29) is 0 Å². The predicted octanol–water partition coefficient (Wildman–Crippen LogP) is 11.6. The molecule has 0 aliphatic carbocycles. The van der Waals surface area contributed by atoms with Crippen molar-refractivity contribution in [1.29, 1.82) is 0 Å². The molecule has 1 aliphatic heterocycles. The first-order chi connectivity index (χ1) is 33.7. The molecule has 0 fully saturated rings. The molecule has 0 radical (unpaired) electrons. The summed E-state index contributed by atoms with van der Waals surface area (Å²) in [6.07, 6.45) is 1.95. The topological polar surface area (TPSA) is 44.9 Å². The number of para-hydroxylation sites is 4. The third kappa shape index (κ3) is 5.81. The molecular formula is C62H44N4OSi. The highest BCUT2D eigenvalue weighted by atomic mass is 28.3. The zero-order valence-electron chi connectivity index (χ0n) is 37.4. The van der Waals surface area contributed by atoms with Crippen molar-refractivity contribution >= 4 is 61.8 Å². The second kappa shape index (κ2) is 15.8. The van der Waals surface area contributed by atoms with Crippen LogP contribution in [0.1, 0.15) is 22.3 Å². The van der Waals surface area contributed by atoms with E-state index >= 15 is 0 Å². The summed E-state index contributed by atoms with van der Waals surface area (Å²) < 4.78 is 11.5. The number of nitrogens with zero attached hydrogens (tertiary/aromatic N) is 4. The van der Waals surface area contributed by atoms with Gasteiger partial charge < -0.3 is 9.30 Å². The highest BCUT2D eigenvalue weighted by molar-refractivity contribution is 7.20. The minimum absolute atomic E-state index is 0.725. The Morgan fingerprint density at radius 2 is 1.04 bits per heavy atom. The van der Waals surface area contributed by atoms with Crippen molar-refractivity contribution in [2.45, 2.75) is 5.41 Å². The van der Waals surface area contributed by atoms with Crippen molar-refractivity contribution in [3.63, 3.8) is 0 Å². The van der Waals surface area contributed by atoms with Crippen LogP contribution < -0.4 is 25.5 Å². The van der Waals surface area contributed by atoms with Gasteiger partial charge in [-0.2, -0.15) is 0 Å². The van der Waals surface area contributed by atoms with Crippen LogP contribution in [-0.4, -0.2) is 27.2 Å². The van der Waals surface area contributed by atoms with Crippen molar-refractivity contribution in [2.75, 3.05) is 0 Å². The Bertz CT molecular complexity index is 3770. The van der Waals surface area contributed by atoms with Gasteiger partial charge in [0.25, 0.3) is 0 Å². The molecule has 13 rings (SSSR count). The summed E-state index contributed by atoms with van der Waals surface area (Å²) in [5.74, 6) is 2.52. The lowest BCUT2D eigenvalue weighted by Gasteiger charge is -2.41. The monoisotopic (exact) mass is 888 g/mol. The minimum atomic E-state index is -3.06. The van der Waals surface area contributed by atoms with Crippen molar-refractivity contribution in [3.05, 3.63) is 271 Å². The van der Waals surface area contributed by atoms with Crippen molar-refractivity contribution in [3.8, 4) is 28.6 Å². The summed E-state index contributed by atoms with van der Waals surface area (Å²) in [6.45, 7) is 0. The first-order valence-electron chi connectivity index (χ1n) is 23.2. The number of fused-ring (bicyclic) bond motifs is 7. The van der Waals surface area contributed by atoms with E-state index in [1.165, 1.54) is 20.7 Å². The molecule has 68 heavy (non-hydrogen) atoms. The van der Waals surface area contributed by atoms with Gasteiger partial charge in [0.15, 0.2) is 13.8 Å². The fraction of sp³-hybridized carbons (Fsp3) is 0.0323. The van der Waals surface area contributed by atoms with Crippen molar-refractivity contribution in [2.24, 2.45) is 7.05 Å². The number of imidazole rings is 1. The van der Waals surface area contributed by atoms with Crippen LogP contribution in [0.2, 0.25) is 0 Å². The van der Waals surface area contributed by atoms with Gasteiger partial charge in [0.2, 0.25) is 0 Å². The first kappa shape index (κ1) is 39.8. The summed E-state index contributed by atoms with van der Waals surface area (Å²) >= 11 is 0. The van der Waals surface area contributed by atoms with Gasteiger partial charge in [-0.3, -0.25) is 4.57 Å². The zero-order chi connectivity index (χ0) is 45.2. The molecule has 12 aromatic rings. The predicted molar refractivity (Wildman–Crippen MR) is 280 cm³/mol. The molecule has 0 unspecified atom stereocenters. The average molecular weight is 889 g/mol. The molecule has 0 atom stereocenters. The Morgan fingerprint density at radius 3 is 1.74 bits per heavy atom. The molecule has 0 saturated heterocycles. The van der Waals surface area contributed by atoms with Crippen LogP contribution in [0.25, 0.3) is 50.0 Å². The summed E-state index contributed by atoms with van der Waals surface area (Å²) in [5, 5.41) is 7.31. The highest BCUT2D eigenvalue weighted by Gasteiger charge is 2.48. The number of aryl methyl sites for hydroxylation is 1. The van der Waals surface area contributed by atoms with Gasteiger partial charge in [-0.05, 0) is 68.3 Å². The highest BCUT2D eigenvalue weighted by Crippen LogP contribution is 2.58. The van der Waals surface area contributed by atoms with Crippen LogP contribution in [0.4, 0.5) is 0 Å². The molecule has 9 aromatic carbocycles. The van der Waals surface area contributed by atoms with E-state index in [4.69, 9.17) is 14.7 Å². The maximum Gasteiger partial charge on any atom is 0.179 e. The smallest absolute Gasteiger partial charge is 0.179 e. The van der Waals surface area contributed by atoms with Crippen LogP contribution in [0.5, 0.6) is 11.5 Å². The third-order valence-corrected chi connectivity index (χ3v) is 19.0. The Balaban J connectivity index is 1.10. The van der Waals surface area contributed by atoms with Gasteiger partial charge in [-0.25, -0.2) is 9.97 Å². The quantitative estimate of drug-likeness (QED) is 0.113. The van der Waals surface area contributed by atoms with Crippen LogP contribution >= 0.6 is 0 Å². The molecule has 0 saturated carbocycles. The standard InChI is InChI=1S/C62H44N4OSi/c1-65-55-38-18-16-36-53(55)64-60(65)43-22-20-32-49(40-43)68(47-28-10-4-11-29-47,48-30-12-5-13-31-48)50-33-21-27-46(41-50)66-54-37-17-14-34-51(54)58-59-57(42-63-61(58)66)67-56-39-19-15-35-52(56)62(59,44-23-6-2-7-24-44)45-25-8-3-9-26-45/h2-42H,1H3. The molecule has 0 N–H and O–H groups in total. The molecule has 1 aliphatic rings. The molecule has 0 bridgehead atoms. The number of aromatic nitrogens is 4. The van der Waals surface area contributed by atoms with E-state index in [2.05, 4.69) is 259 Å². The Morgan fingerprint density at radius 1 is 0.485 bits per heavy atom. The normalized spacial score (nSPS) is 13.0. The molecule has 4 heterocycles. The lowest BCUT2D eigenvalue weighted by Crippen LogP contribution is -2.74. The van der Waals surface area contributed by atoms with E-state index in [1.807, 2.05) is 6.20 Å². The molecule has 322 valence electrons. The maximum atomic E-state index is 6.95. The zero-order valence-corrected chi connectivity index (χ0v) is 38.4. The first-order valence-corrected chi connectivity index (χ1v) is 25.2. The largest absolute Gasteiger partial charge is 0.455 e.